The summed E-state index contributed by atoms with van der Waals surface area (Å²) in [6.07, 6.45) is 1.49. The minimum atomic E-state index is -4.23. The zero-order chi connectivity index (χ0) is 22.6. The van der Waals surface area contributed by atoms with Gasteiger partial charge in [0.25, 0.3) is 10.0 Å². The monoisotopic (exact) mass is 529 g/mol. The van der Waals surface area contributed by atoms with Gasteiger partial charge in [-0.3, -0.25) is 4.98 Å². The van der Waals surface area contributed by atoms with E-state index in [1.165, 1.54) is 24.4 Å². The van der Waals surface area contributed by atoms with E-state index in [1.54, 1.807) is 18.2 Å². The molecule has 2 amide bonds. The van der Waals surface area contributed by atoms with Crippen LogP contribution in [-0.2, 0) is 10.0 Å². The summed E-state index contributed by atoms with van der Waals surface area (Å²) in [5.74, 6) is -2.36. The first-order valence-electron chi connectivity index (χ1n) is 8.79. The number of halogens is 4. The van der Waals surface area contributed by atoms with Crippen LogP contribution in [-0.4, -0.2) is 26.0 Å². The lowest BCUT2D eigenvalue weighted by Crippen LogP contribution is -2.41. The number of aromatic nitrogens is 1. The quantitative estimate of drug-likeness (QED) is 0.488. The summed E-state index contributed by atoms with van der Waals surface area (Å²) < 4.78 is 54.8. The van der Waals surface area contributed by atoms with Gasteiger partial charge in [-0.2, -0.15) is 0 Å². The second-order valence-electron chi connectivity index (χ2n) is 6.37. The number of benzene rings is 2. The molecule has 0 saturated carbocycles. The van der Waals surface area contributed by atoms with Gasteiger partial charge in [-0.15, -0.1) is 0 Å². The third-order valence-corrected chi connectivity index (χ3v) is 6.73. The molecule has 0 spiro atoms. The molecule has 1 unspecified atom stereocenters. The molecule has 0 aliphatic rings. The van der Waals surface area contributed by atoms with Gasteiger partial charge in [-0.05, 0) is 57.9 Å². The van der Waals surface area contributed by atoms with Gasteiger partial charge in [0.05, 0.1) is 10.7 Å². The smallest absolute Gasteiger partial charge is 0.328 e. The Kier molecular flexibility index (Phi) is 7.24. The van der Waals surface area contributed by atoms with E-state index >= 15 is 0 Å². The van der Waals surface area contributed by atoms with E-state index in [-0.39, 0.29) is 22.0 Å². The normalized spacial score (nSPS) is 12.3. The highest BCUT2D eigenvalue weighted by atomic mass is 79.9. The lowest BCUT2D eigenvalue weighted by Gasteiger charge is -2.19. The number of pyridine rings is 1. The highest BCUT2D eigenvalue weighted by molar-refractivity contribution is 9.10. The van der Waals surface area contributed by atoms with Crippen LogP contribution in [0.2, 0.25) is 5.02 Å². The highest BCUT2D eigenvalue weighted by Gasteiger charge is 2.24. The fourth-order valence-corrected chi connectivity index (χ4v) is 4.85. The van der Waals surface area contributed by atoms with Gasteiger partial charge < -0.3 is 5.32 Å². The summed E-state index contributed by atoms with van der Waals surface area (Å²) in [5.41, 5.74) is 0.618. The van der Waals surface area contributed by atoms with E-state index in [1.807, 2.05) is 4.72 Å². The van der Waals surface area contributed by atoms with Crippen LogP contribution in [0.5, 0.6) is 0 Å². The van der Waals surface area contributed by atoms with Crippen molar-refractivity contribution in [2.75, 3.05) is 6.54 Å². The Balaban J connectivity index is 1.83. The Morgan fingerprint density at radius 2 is 1.77 bits per heavy atom. The second-order valence-corrected chi connectivity index (χ2v) is 9.28. The number of rotatable bonds is 6. The molecule has 11 heteroatoms. The van der Waals surface area contributed by atoms with Gasteiger partial charge >= 0.3 is 6.03 Å². The molecule has 0 bridgehead atoms. The number of nitrogens with zero attached hydrogens (tertiary/aromatic N) is 1. The molecule has 0 radical (unpaired) electrons. The molecule has 1 aromatic heterocycles. The van der Waals surface area contributed by atoms with E-state index < -0.39 is 33.6 Å². The maximum Gasteiger partial charge on any atom is 0.328 e. The minimum absolute atomic E-state index is 0.0478. The van der Waals surface area contributed by atoms with Crippen molar-refractivity contribution in [2.45, 2.75) is 10.8 Å². The summed E-state index contributed by atoms with van der Waals surface area (Å²) in [7, 11) is -4.23. The second kappa shape index (κ2) is 9.71. The number of carbonyl (C=O) groups excluding carboxylic acids is 1. The van der Waals surface area contributed by atoms with Crippen molar-refractivity contribution < 1.29 is 22.0 Å². The van der Waals surface area contributed by atoms with Crippen molar-refractivity contribution in [3.63, 3.8) is 0 Å². The lowest BCUT2D eigenvalue weighted by molar-refractivity contribution is 0.245. The molecule has 0 saturated heterocycles. The van der Waals surface area contributed by atoms with Crippen molar-refractivity contribution in [3.8, 4) is 0 Å². The van der Waals surface area contributed by atoms with Crippen LogP contribution in [0.1, 0.15) is 17.2 Å². The number of carbonyl (C=O) groups is 1. The van der Waals surface area contributed by atoms with Crippen molar-refractivity contribution in [2.24, 2.45) is 0 Å². The molecule has 3 aromatic rings. The van der Waals surface area contributed by atoms with E-state index in [4.69, 9.17) is 11.6 Å². The Morgan fingerprint density at radius 3 is 2.42 bits per heavy atom. The van der Waals surface area contributed by atoms with Gasteiger partial charge in [0.2, 0.25) is 0 Å². The number of hydrogen-bond acceptors (Lipinski definition) is 4. The lowest BCUT2D eigenvalue weighted by atomic mass is 9.94. The molecule has 2 N–H and O–H groups in total. The molecule has 6 nitrogen and oxygen atoms in total. The molecule has 0 fully saturated rings. The predicted octanol–water partition coefficient (Wildman–Crippen LogP) is 4.60. The van der Waals surface area contributed by atoms with Crippen molar-refractivity contribution in [1.29, 1.82) is 0 Å². The van der Waals surface area contributed by atoms with Gasteiger partial charge in [0, 0.05) is 29.2 Å². The number of hydrogen-bond donors (Lipinski definition) is 2. The first-order valence-corrected chi connectivity index (χ1v) is 11.4. The van der Waals surface area contributed by atoms with E-state index in [0.29, 0.717) is 10.2 Å². The fraction of sp³-hybridized carbons (Fsp3) is 0.100. The van der Waals surface area contributed by atoms with Crippen LogP contribution in [0.3, 0.4) is 0 Å². The van der Waals surface area contributed by atoms with E-state index in [9.17, 15) is 22.0 Å². The van der Waals surface area contributed by atoms with Crippen molar-refractivity contribution >= 4 is 43.6 Å². The number of sulfonamides is 1. The molecule has 2 aromatic carbocycles. The Morgan fingerprint density at radius 1 is 1.10 bits per heavy atom. The van der Waals surface area contributed by atoms with Gasteiger partial charge in [0.15, 0.2) is 0 Å². The van der Waals surface area contributed by atoms with Crippen molar-refractivity contribution in [3.05, 3.63) is 93.2 Å². The summed E-state index contributed by atoms with van der Waals surface area (Å²) >= 11 is 9.23. The Bertz CT molecular complexity index is 1210. The molecule has 1 atom stereocenters. The molecule has 162 valence electrons. The van der Waals surface area contributed by atoms with Gasteiger partial charge in [-0.1, -0.05) is 23.7 Å². The van der Waals surface area contributed by atoms with Crippen LogP contribution in [0.15, 0.2) is 70.2 Å². The number of urea groups is 1. The first kappa shape index (κ1) is 23.1. The fourth-order valence-electron chi connectivity index (χ4n) is 2.87. The summed E-state index contributed by atoms with van der Waals surface area (Å²) in [4.78, 5) is 16.3. The first-order chi connectivity index (χ1) is 14.7. The summed E-state index contributed by atoms with van der Waals surface area (Å²) in [5, 5.41) is 2.37. The maximum absolute atomic E-state index is 13.8. The standard InChI is InChI=1S/C20H15BrClF2N3O3S/c21-16-4-3-7-25-19(16)15(12-8-13(23)10-14(24)9-12)11-26-20(28)27-31(29,30)18-6-2-1-5-17(18)22/h1-10,15H,11H2,(H2,26,27,28). The number of amides is 2. The largest absolute Gasteiger partial charge is 0.336 e. The molecule has 31 heavy (non-hydrogen) atoms. The van der Waals surface area contributed by atoms with Crippen LogP contribution < -0.4 is 10.0 Å². The topological polar surface area (TPSA) is 88.2 Å². The van der Waals surface area contributed by atoms with Crippen LogP contribution in [0.25, 0.3) is 0 Å². The third-order valence-electron chi connectivity index (χ3n) is 4.22. The third kappa shape index (κ3) is 5.78. The SMILES string of the molecule is O=C(NCC(c1cc(F)cc(F)c1)c1ncccc1Br)NS(=O)(=O)c1ccccc1Cl. The summed E-state index contributed by atoms with van der Waals surface area (Å²) in [6.45, 7) is -0.192. The van der Waals surface area contributed by atoms with Crippen LogP contribution >= 0.6 is 27.5 Å². The summed E-state index contributed by atoms with van der Waals surface area (Å²) in [6, 6.07) is 10.9. The maximum atomic E-state index is 13.8. The minimum Gasteiger partial charge on any atom is -0.336 e. The van der Waals surface area contributed by atoms with E-state index in [0.717, 1.165) is 18.2 Å². The predicted molar refractivity (Wildman–Crippen MR) is 115 cm³/mol. The van der Waals surface area contributed by atoms with Crippen LogP contribution in [0, 0.1) is 11.6 Å². The highest BCUT2D eigenvalue weighted by Crippen LogP contribution is 2.29. The van der Waals surface area contributed by atoms with Gasteiger partial charge in [0.1, 0.15) is 16.5 Å². The molecule has 3 rings (SSSR count). The van der Waals surface area contributed by atoms with Crippen molar-refractivity contribution in [1.82, 2.24) is 15.0 Å². The number of nitrogens with one attached hydrogen (secondary N) is 2. The van der Waals surface area contributed by atoms with Gasteiger partial charge in [-0.25, -0.2) is 26.7 Å². The Hall–Kier alpha value is -2.56. The molecular weight excluding hydrogens is 516 g/mol. The molecular formula is C20H15BrClF2N3O3S. The zero-order valence-corrected chi connectivity index (χ0v) is 18.8. The Labute approximate surface area is 190 Å². The zero-order valence-electron chi connectivity index (χ0n) is 15.7. The average molecular weight is 531 g/mol. The molecule has 0 aliphatic heterocycles. The van der Waals surface area contributed by atoms with Crippen LogP contribution in [0.4, 0.5) is 13.6 Å². The average Bonchev–Trinajstić information content (AvgIpc) is 2.68. The molecule has 1 heterocycles. The van der Waals surface area contributed by atoms with E-state index in [2.05, 4.69) is 26.2 Å². The molecule has 0 aliphatic carbocycles.